The van der Waals surface area contributed by atoms with Crippen LogP contribution in [0.4, 0.5) is 16.2 Å². The number of hydrogen-bond acceptors (Lipinski definition) is 6. The number of anilines is 1. The third-order valence-electron chi connectivity index (χ3n) is 4.48. The normalized spacial score (nSPS) is 11.8. The highest BCUT2D eigenvalue weighted by Crippen LogP contribution is 2.17. The Morgan fingerprint density at radius 1 is 1.23 bits per heavy atom. The minimum absolute atomic E-state index is 0.0724. The van der Waals surface area contributed by atoms with Gasteiger partial charge in [0, 0.05) is 24.9 Å². The molecule has 3 rings (SSSR count). The molecule has 1 heterocycles. The van der Waals surface area contributed by atoms with Crippen molar-refractivity contribution in [3.8, 4) is 0 Å². The molecule has 0 unspecified atom stereocenters. The number of non-ortho nitro benzene ring substituents is 1. The summed E-state index contributed by atoms with van der Waals surface area (Å²) in [5, 5.41) is 16.6. The van der Waals surface area contributed by atoms with Crippen LogP contribution in [0.5, 0.6) is 0 Å². The van der Waals surface area contributed by atoms with Gasteiger partial charge in [0.2, 0.25) is 0 Å². The van der Waals surface area contributed by atoms with E-state index in [0.717, 1.165) is 0 Å². The summed E-state index contributed by atoms with van der Waals surface area (Å²) in [5.74, 6) is 0.398. The van der Waals surface area contributed by atoms with Crippen LogP contribution in [0.1, 0.15) is 18.8 Å². The van der Waals surface area contributed by atoms with Crippen LogP contribution < -0.4 is 16.2 Å². The van der Waals surface area contributed by atoms with Gasteiger partial charge in [-0.3, -0.25) is 19.5 Å². The van der Waals surface area contributed by atoms with Crippen molar-refractivity contribution in [2.45, 2.75) is 19.5 Å². The Hall–Kier alpha value is -3.79. The molecular formula is C20H21N5O5. The maximum absolute atomic E-state index is 12.9. The van der Waals surface area contributed by atoms with E-state index in [1.807, 2.05) is 0 Å². The van der Waals surface area contributed by atoms with Gasteiger partial charge in [-0.05, 0) is 31.2 Å². The number of nitro benzene ring substituents is 1. The standard InChI is InChI=1S/C20H21N5O5/c1-13(21-20(27)22-14-7-9-15(10-8-14)25(28)29)18-23-17-6-4-3-5-16(17)19(26)24(18)11-12-30-2/h3-10,13H,11-12H2,1-2H3,(H2,21,22,27)/t13-/m1/s1. The topological polar surface area (TPSA) is 128 Å². The second kappa shape index (κ2) is 9.14. The first-order valence-corrected chi connectivity index (χ1v) is 9.21. The molecule has 3 aromatic rings. The van der Waals surface area contributed by atoms with Gasteiger partial charge in [0.1, 0.15) is 5.82 Å². The summed E-state index contributed by atoms with van der Waals surface area (Å²) >= 11 is 0. The van der Waals surface area contributed by atoms with E-state index in [2.05, 4.69) is 15.6 Å². The molecule has 0 saturated heterocycles. The van der Waals surface area contributed by atoms with Gasteiger partial charge in [0.25, 0.3) is 11.2 Å². The zero-order valence-electron chi connectivity index (χ0n) is 16.5. The molecule has 0 aliphatic carbocycles. The highest BCUT2D eigenvalue weighted by Gasteiger charge is 2.18. The quantitative estimate of drug-likeness (QED) is 0.454. The largest absolute Gasteiger partial charge is 0.383 e. The highest BCUT2D eigenvalue weighted by atomic mass is 16.6. The van der Waals surface area contributed by atoms with Gasteiger partial charge in [-0.15, -0.1) is 0 Å². The second-order valence-electron chi connectivity index (χ2n) is 6.56. The van der Waals surface area contributed by atoms with Crippen molar-refractivity contribution in [1.29, 1.82) is 0 Å². The number of carbonyl (C=O) groups is 1. The zero-order chi connectivity index (χ0) is 21.7. The third-order valence-corrected chi connectivity index (χ3v) is 4.48. The van der Waals surface area contributed by atoms with Gasteiger partial charge in [0.05, 0.1) is 35.0 Å². The molecule has 0 fully saturated rings. The average Bonchev–Trinajstić information content (AvgIpc) is 2.73. The van der Waals surface area contributed by atoms with Crippen molar-refractivity contribution in [1.82, 2.24) is 14.9 Å². The Labute approximate surface area is 171 Å². The molecule has 0 spiro atoms. The number of aromatic nitrogens is 2. The minimum atomic E-state index is -0.586. The van der Waals surface area contributed by atoms with Crippen molar-refractivity contribution in [3.63, 3.8) is 0 Å². The van der Waals surface area contributed by atoms with E-state index >= 15 is 0 Å². The number of nitrogens with zero attached hydrogens (tertiary/aromatic N) is 3. The van der Waals surface area contributed by atoms with Gasteiger partial charge in [-0.25, -0.2) is 9.78 Å². The van der Waals surface area contributed by atoms with Crippen LogP contribution in [0, 0.1) is 10.1 Å². The van der Waals surface area contributed by atoms with E-state index in [9.17, 15) is 19.7 Å². The first-order chi connectivity index (χ1) is 14.4. The van der Waals surface area contributed by atoms with Crippen molar-refractivity contribution < 1.29 is 14.5 Å². The third kappa shape index (κ3) is 4.61. The highest BCUT2D eigenvalue weighted by molar-refractivity contribution is 5.89. The maximum Gasteiger partial charge on any atom is 0.319 e. The molecule has 0 bridgehead atoms. The van der Waals surface area contributed by atoms with Crippen molar-refractivity contribution in [3.05, 3.63) is 74.8 Å². The number of methoxy groups -OCH3 is 1. The number of rotatable bonds is 7. The Morgan fingerprint density at radius 2 is 1.93 bits per heavy atom. The predicted molar refractivity (Wildman–Crippen MR) is 112 cm³/mol. The Morgan fingerprint density at radius 3 is 2.60 bits per heavy atom. The lowest BCUT2D eigenvalue weighted by Crippen LogP contribution is -2.36. The summed E-state index contributed by atoms with van der Waals surface area (Å²) in [5.41, 5.74) is 0.651. The number of nitro groups is 1. The molecule has 0 saturated carbocycles. The van der Waals surface area contributed by atoms with Crippen LogP contribution >= 0.6 is 0 Å². The van der Waals surface area contributed by atoms with E-state index in [0.29, 0.717) is 35.6 Å². The summed E-state index contributed by atoms with van der Waals surface area (Å²) in [4.78, 5) is 40.1. The molecule has 0 radical (unpaired) electrons. The molecule has 10 heteroatoms. The Kier molecular flexibility index (Phi) is 6.38. The lowest BCUT2D eigenvalue weighted by atomic mass is 10.2. The number of nitrogens with one attached hydrogen (secondary N) is 2. The SMILES string of the molecule is COCCn1c([C@@H](C)NC(=O)Nc2ccc([N+](=O)[O-])cc2)nc2ccccc2c1=O. The van der Waals surface area contributed by atoms with Crippen molar-refractivity contribution in [2.24, 2.45) is 0 Å². The maximum atomic E-state index is 12.9. The van der Waals surface area contributed by atoms with E-state index < -0.39 is 17.0 Å². The number of para-hydroxylation sites is 1. The summed E-state index contributed by atoms with van der Waals surface area (Å²) in [6.07, 6.45) is 0. The molecule has 2 N–H and O–H groups in total. The Balaban J connectivity index is 1.82. The number of ether oxygens (including phenoxy) is 1. The molecule has 0 aliphatic rings. The molecule has 156 valence electrons. The first-order valence-electron chi connectivity index (χ1n) is 9.21. The fraction of sp³-hybridized carbons (Fsp3) is 0.250. The van der Waals surface area contributed by atoms with E-state index in [4.69, 9.17) is 4.74 Å². The van der Waals surface area contributed by atoms with Crippen molar-refractivity contribution >= 4 is 28.3 Å². The van der Waals surface area contributed by atoms with Gasteiger partial charge in [0.15, 0.2) is 0 Å². The molecule has 1 aromatic heterocycles. The Bertz CT molecular complexity index is 1130. The predicted octanol–water partition coefficient (Wildman–Crippen LogP) is 2.83. The summed E-state index contributed by atoms with van der Waals surface area (Å²) in [6, 6.07) is 11.4. The summed E-state index contributed by atoms with van der Waals surface area (Å²) in [6.45, 7) is 2.32. The fourth-order valence-electron chi connectivity index (χ4n) is 3.01. The lowest BCUT2D eigenvalue weighted by molar-refractivity contribution is -0.384. The molecule has 1 atom stereocenters. The lowest BCUT2D eigenvalue weighted by Gasteiger charge is -2.19. The number of carbonyl (C=O) groups excluding carboxylic acids is 1. The van der Waals surface area contributed by atoms with E-state index in [1.54, 1.807) is 38.3 Å². The molecule has 0 aliphatic heterocycles. The van der Waals surface area contributed by atoms with Crippen LogP contribution in [-0.2, 0) is 11.3 Å². The fourth-order valence-corrected chi connectivity index (χ4v) is 3.01. The van der Waals surface area contributed by atoms with E-state index in [-0.39, 0.29) is 11.2 Å². The number of benzene rings is 2. The van der Waals surface area contributed by atoms with Crippen LogP contribution in [-0.4, -0.2) is 34.2 Å². The van der Waals surface area contributed by atoms with Crippen LogP contribution in [0.25, 0.3) is 10.9 Å². The number of fused-ring (bicyclic) bond motifs is 1. The number of hydrogen-bond donors (Lipinski definition) is 2. The average molecular weight is 411 g/mol. The van der Waals surface area contributed by atoms with Crippen LogP contribution in [0.15, 0.2) is 53.3 Å². The number of amides is 2. The number of urea groups is 1. The summed E-state index contributed by atoms with van der Waals surface area (Å²) < 4.78 is 6.59. The van der Waals surface area contributed by atoms with Gasteiger partial charge in [-0.2, -0.15) is 0 Å². The molecule has 10 nitrogen and oxygen atoms in total. The molecular weight excluding hydrogens is 390 g/mol. The minimum Gasteiger partial charge on any atom is -0.383 e. The monoisotopic (exact) mass is 411 g/mol. The van der Waals surface area contributed by atoms with Gasteiger partial charge in [-0.1, -0.05) is 12.1 Å². The first kappa shape index (κ1) is 20.9. The van der Waals surface area contributed by atoms with Crippen molar-refractivity contribution in [2.75, 3.05) is 19.0 Å². The van der Waals surface area contributed by atoms with Gasteiger partial charge >= 0.3 is 6.03 Å². The van der Waals surface area contributed by atoms with Crippen LogP contribution in [0.2, 0.25) is 0 Å². The molecule has 30 heavy (non-hydrogen) atoms. The zero-order valence-corrected chi connectivity index (χ0v) is 16.5. The molecule has 2 amide bonds. The molecule has 2 aromatic carbocycles. The summed E-state index contributed by atoms with van der Waals surface area (Å²) in [7, 11) is 1.54. The van der Waals surface area contributed by atoms with E-state index in [1.165, 1.54) is 28.8 Å². The van der Waals surface area contributed by atoms with Crippen LogP contribution in [0.3, 0.4) is 0 Å². The smallest absolute Gasteiger partial charge is 0.319 e. The second-order valence-corrected chi connectivity index (χ2v) is 6.56. The van der Waals surface area contributed by atoms with Gasteiger partial charge < -0.3 is 15.4 Å².